The second-order valence-corrected chi connectivity index (χ2v) is 5.22. The van der Waals surface area contributed by atoms with E-state index in [9.17, 15) is 9.90 Å². The summed E-state index contributed by atoms with van der Waals surface area (Å²) in [5.74, 6) is 0.443. The lowest BCUT2D eigenvalue weighted by atomic mass is 9.82. The van der Waals surface area contributed by atoms with E-state index in [0.29, 0.717) is 0 Å². The molecule has 1 N–H and O–H groups in total. The van der Waals surface area contributed by atoms with Crippen LogP contribution in [0.3, 0.4) is 0 Å². The van der Waals surface area contributed by atoms with Crippen molar-refractivity contribution in [3.8, 4) is 5.75 Å². The predicted molar refractivity (Wildman–Crippen MR) is 72.7 cm³/mol. The zero-order valence-corrected chi connectivity index (χ0v) is 11.1. The molecule has 1 aromatic carbocycles. The molecule has 3 nitrogen and oxygen atoms in total. The largest absolute Gasteiger partial charge is 0.508 e. The van der Waals surface area contributed by atoms with Gasteiger partial charge in [0.2, 0.25) is 5.91 Å². The standard InChI is InChI=1S/C15H21NO2/c1-3-15(10-4-5-11-15)14(18)16(2)12-6-8-13(17)9-7-12/h6-9,17H,3-5,10-11H2,1-2H3. The van der Waals surface area contributed by atoms with Crippen LogP contribution in [0.15, 0.2) is 24.3 Å². The third kappa shape index (κ3) is 2.22. The van der Waals surface area contributed by atoms with E-state index in [1.54, 1.807) is 29.2 Å². The lowest BCUT2D eigenvalue weighted by Crippen LogP contribution is -2.40. The highest BCUT2D eigenvalue weighted by atomic mass is 16.3. The maximum absolute atomic E-state index is 12.6. The highest BCUT2D eigenvalue weighted by molar-refractivity contribution is 5.97. The summed E-state index contributed by atoms with van der Waals surface area (Å²) in [7, 11) is 1.82. The summed E-state index contributed by atoms with van der Waals surface area (Å²) < 4.78 is 0. The van der Waals surface area contributed by atoms with E-state index in [0.717, 1.165) is 37.8 Å². The third-order valence-corrected chi connectivity index (χ3v) is 4.23. The van der Waals surface area contributed by atoms with Gasteiger partial charge in [-0.15, -0.1) is 0 Å². The number of anilines is 1. The topological polar surface area (TPSA) is 40.5 Å². The number of amides is 1. The van der Waals surface area contributed by atoms with E-state index in [1.807, 2.05) is 7.05 Å². The Hall–Kier alpha value is -1.51. The molecule has 1 aliphatic carbocycles. The molecule has 0 aliphatic heterocycles. The van der Waals surface area contributed by atoms with Crippen LogP contribution in [-0.2, 0) is 4.79 Å². The molecular formula is C15H21NO2. The molecule has 1 fully saturated rings. The average molecular weight is 247 g/mol. The van der Waals surface area contributed by atoms with Crippen LogP contribution in [0.2, 0.25) is 0 Å². The number of aromatic hydroxyl groups is 1. The third-order valence-electron chi connectivity index (χ3n) is 4.23. The quantitative estimate of drug-likeness (QED) is 0.890. The van der Waals surface area contributed by atoms with E-state index >= 15 is 0 Å². The van der Waals surface area contributed by atoms with E-state index in [2.05, 4.69) is 6.92 Å². The van der Waals surface area contributed by atoms with Crippen molar-refractivity contribution in [1.82, 2.24) is 0 Å². The zero-order valence-electron chi connectivity index (χ0n) is 11.1. The van der Waals surface area contributed by atoms with E-state index in [4.69, 9.17) is 0 Å². The molecule has 1 aliphatic rings. The summed E-state index contributed by atoms with van der Waals surface area (Å²) in [6, 6.07) is 6.80. The Morgan fingerprint density at radius 1 is 1.28 bits per heavy atom. The first-order valence-electron chi connectivity index (χ1n) is 6.66. The van der Waals surface area contributed by atoms with E-state index in [1.165, 1.54) is 0 Å². The van der Waals surface area contributed by atoms with Crippen molar-refractivity contribution in [3.05, 3.63) is 24.3 Å². The van der Waals surface area contributed by atoms with Gasteiger partial charge in [-0.3, -0.25) is 4.79 Å². The van der Waals surface area contributed by atoms with Crippen LogP contribution in [0.1, 0.15) is 39.0 Å². The van der Waals surface area contributed by atoms with Crippen molar-refractivity contribution in [2.24, 2.45) is 5.41 Å². The van der Waals surface area contributed by atoms with Gasteiger partial charge in [0, 0.05) is 18.2 Å². The molecule has 1 saturated carbocycles. The molecule has 0 spiro atoms. The zero-order chi connectivity index (χ0) is 13.2. The number of hydrogen-bond acceptors (Lipinski definition) is 2. The molecule has 0 bridgehead atoms. The highest BCUT2D eigenvalue weighted by Crippen LogP contribution is 2.43. The van der Waals surface area contributed by atoms with Crippen molar-refractivity contribution >= 4 is 11.6 Å². The van der Waals surface area contributed by atoms with Gasteiger partial charge < -0.3 is 10.0 Å². The fraction of sp³-hybridized carbons (Fsp3) is 0.533. The van der Waals surface area contributed by atoms with Gasteiger partial charge in [0.05, 0.1) is 0 Å². The molecule has 98 valence electrons. The monoisotopic (exact) mass is 247 g/mol. The minimum Gasteiger partial charge on any atom is -0.508 e. The molecule has 0 heterocycles. The van der Waals surface area contributed by atoms with Gasteiger partial charge >= 0.3 is 0 Å². The highest BCUT2D eigenvalue weighted by Gasteiger charge is 2.41. The van der Waals surface area contributed by atoms with Crippen LogP contribution in [0.5, 0.6) is 5.75 Å². The second-order valence-electron chi connectivity index (χ2n) is 5.22. The maximum Gasteiger partial charge on any atom is 0.232 e. The van der Waals surface area contributed by atoms with Gasteiger partial charge in [0.25, 0.3) is 0 Å². The maximum atomic E-state index is 12.6. The molecule has 18 heavy (non-hydrogen) atoms. The Kier molecular flexibility index (Phi) is 3.60. The number of hydrogen-bond donors (Lipinski definition) is 1. The second kappa shape index (κ2) is 5.01. The normalized spacial score (nSPS) is 17.7. The van der Waals surface area contributed by atoms with Gasteiger partial charge in [-0.05, 0) is 43.5 Å². The fourth-order valence-corrected chi connectivity index (χ4v) is 2.92. The molecular weight excluding hydrogens is 226 g/mol. The van der Waals surface area contributed by atoms with Crippen LogP contribution in [0.25, 0.3) is 0 Å². The first-order valence-corrected chi connectivity index (χ1v) is 6.66. The Morgan fingerprint density at radius 3 is 2.33 bits per heavy atom. The van der Waals surface area contributed by atoms with E-state index < -0.39 is 0 Å². The summed E-state index contributed by atoms with van der Waals surface area (Å²) >= 11 is 0. The lowest BCUT2D eigenvalue weighted by molar-refractivity contribution is -0.127. The van der Waals surface area contributed by atoms with Crippen molar-refractivity contribution in [3.63, 3.8) is 0 Å². The van der Waals surface area contributed by atoms with E-state index in [-0.39, 0.29) is 17.1 Å². The SMILES string of the molecule is CCC1(C(=O)N(C)c2ccc(O)cc2)CCCC1. The first-order chi connectivity index (χ1) is 8.59. The number of phenolic OH excluding ortho intramolecular Hbond substituents is 1. The van der Waals surface area contributed by atoms with Crippen molar-refractivity contribution < 1.29 is 9.90 Å². The van der Waals surface area contributed by atoms with Gasteiger partial charge in [-0.25, -0.2) is 0 Å². The molecule has 2 rings (SSSR count). The van der Waals surface area contributed by atoms with Gasteiger partial charge in [0.1, 0.15) is 5.75 Å². The minimum atomic E-state index is -0.160. The van der Waals surface area contributed by atoms with Crippen LogP contribution < -0.4 is 4.90 Å². The average Bonchev–Trinajstić information content (AvgIpc) is 2.88. The number of nitrogens with zero attached hydrogens (tertiary/aromatic N) is 1. The van der Waals surface area contributed by atoms with Crippen molar-refractivity contribution in [2.45, 2.75) is 39.0 Å². The first kappa shape index (κ1) is 12.9. The summed E-state index contributed by atoms with van der Waals surface area (Å²) in [4.78, 5) is 14.4. The summed E-state index contributed by atoms with van der Waals surface area (Å²) in [5, 5.41) is 9.28. The number of carbonyl (C=O) groups excluding carboxylic acids is 1. The fourth-order valence-electron chi connectivity index (χ4n) is 2.92. The summed E-state index contributed by atoms with van der Waals surface area (Å²) in [6.45, 7) is 2.11. The minimum absolute atomic E-state index is 0.160. The lowest BCUT2D eigenvalue weighted by Gasteiger charge is -2.31. The van der Waals surface area contributed by atoms with Crippen molar-refractivity contribution in [1.29, 1.82) is 0 Å². The number of carbonyl (C=O) groups is 1. The molecule has 0 aromatic heterocycles. The van der Waals surface area contributed by atoms with Gasteiger partial charge in [-0.2, -0.15) is 0 Å². The van der Waals surface area contributed by atoms with Gasteiger partial charge in [0.15, 0.2) is 0 Å². The summed E-state index contributed by atoms with van der Waals surface area (Å²) in [6.07, 6.45) is 5.23. The molecule has 0 unspecified atom stereocenters. The molecule has 0 saturated heterocycles. The van der Waals surface area contributed by atoms with Crippen LogP contribution in [0, 0.1) is 5.41 Å². The Labute approximate surface area is 108 Å². The number of rotatable bonds is 3. The van der Waals surface area contributed by atoms with Gasteiger partial charge in [-0.1, -0.05) is 19.8 Å². The Balaban J connectivity index is 2.20. The molecule has 0 radical (unpaired) electrons. The molecule has 0 atom stereocenters. The smallest absolute Gasteiger partial charge is 0.232 e. The van der Waals surface area contributed by atoms with Crippen molar-refractivity contribution in [2.75, 3.05) is 11.9 Å². The number of benzene rings is 1. The summed E-state index contributed by atoms with van der Waals surface area (Å²) in [5.41, 5.74) is 0.685. The van der Waals surface area contributed by atoms with Crippen LogP contribution in [-0.4, -0.2) is 18.1 Å². The molecule has 1 amide bonds. The Morgan fingerprint density at radius 2 is 1.83 bits per heavy atom. The molecule has 3 heteroatoms. The number of phenols is 1. The Bertz CT molecular complexity index is 419. The van der Waals surface area contributed by atoms with Crippen LogP contribution in [0.4, 0.5) is 5.69 Å². The predicted octanol–water partition coefficient (Wildman–Crippen LogP) is 3.33. The molecule has 1 aromatic rings. The van der Waals surface area contributed by atoms with Crippen LogP contribution >= 0.6 is 0 Å².